The van der Waals surface area contributed by atoms with Crippen LogP contribution in [-0.4, -0.2) is 36.4 Å². The highest BCUT2D eigenvalue weighted by molar-refractivity contribution is 5.70. The summed E-state index contributed by atoms with van der Waals surface area (Å²) < 4.78 is 10.6. The number of rotatable bonds is 43. The average molecular weight is 795 g/mol. The Kier molecular flexibility index (Phi) is 45.5. The van der Waals surface area contributed by atoms with Crippen LogP contribution in [0.1, 0.15) is 226 Å². The van der Waals surface area contributed by atoms with Gasteiger partial charge in [-0.25, -0.2) is 0 Å². The molecule has 0 aliphatic rings. The molecule has 0 aromatic rings. The number of unbranched alkanes of at least 4 members (excludes halogenated alkanes) is 23. The summed E-state index contributed by atoms with van der Waals surface area (Å²) in [5, 5.41) is 9.58. The van der Waals surface area contributed by atoms with Crippen LogP contribution in [0.4, 0.5) is 0 Å². The van der Waals surface area contributed by atoms with Gasteiger partial charge >= 0.3 is 11.9 Å². The maximum Gasteiger partial charge on any atom is 0.306 e. The first-order valence-corrected chi connectivity index (χ1v) is 24.0. The van der Waals surface area contributed by atoms with Crippen LogP contribution < -0.4 is 0 Å². The van der Waals surface area contributed by atoms with Crippen molar-refractivity contribution in [2.45, 2.75) is 232 Å². The van der Waals surface area contributed by atoms with E-state index < -0.39 is 6.10 Å². The van der Waals surface area contributed by atoms with Crippen LogP contribution in [0.15, 0.2) is 72.9 Å². The molecule has 0 aliphatic heterocycles. The molecule has 1 unspecified atom stereocenters. The molecule has 0 rings (SSSR count). The molecule has 0 amide bonds. The Morgan fingerprint density at radius 3 is 1.16 bits per heavy atom. The van der Waals surface area contributed by atoms with Crippen LogP contribution in [0.3, 0.4) is 0 Å². The van der Waals surface area contributed by atoms with Gasteiger partial charge in [0, 0.05) is 12.8 Å². The van der Waals surface area contributed by atoms with E-state index in [4.69, 9.17) is 9.47 Å². The van der Waals surface area contributed by atoms with E-state index in [1.54, 1.807) is 0 Å². The molecular weight excluding hydrogens is 705 g/mol. The second-order valence-electron chi connectivity index (χ2n) is 15.8. The molecule has 5 nitrogen and oxygen atoms in total. The van der Waals surface area contributed by atoms with Gasteiger partial charge in [-0.2, -0.15) is 0 Å². The number of allylic oxidation sites excluding steroid dienone is 12. The van der Waals surface area contributed by atoms with Crippen molar-refractivity contribution >= 4 is 11.9 Å². The largest absolute Gasteiger partial charge is 0.462 e. The highest BCUT2D eigenvalue weighted by atomic mass is 16.6. The normalized spacial score (nSPS) is 12.8. The second kappa shape index (κ2) is 47.7. The van der Waals surface area contributed by atoms with E-state index in [9.17, 15) is 14.7 Å². The molecule has 57 heavy (non-hydrogen) atoms. The average Bonchev–Trinajstić information content (AvgIpc) is 3.21. The maximum absolute atomic E-state index is 12.2. The van der Waals surface area contributed by atoms with Crippen molar-refractivity contribution in [1.29, 1.82) is 0 Å². The fraction of sp³-hybridized carbons (Fsp3) is 0.731. The van der Waals surface area contributed by atoms with Crippen molar-refractivity contribution in [2.75, 3.05) is 13.2 Å². The van der Waals surface area contributed by atoms with Crippen molar-refractivity contribution in [2.24, 2.45) is 0 Å². The zero-order valence-corrected chi connectivity index (χ0v) is 37.3. The van der Waals surface area contributed by atoms with Gasteiger partial charge in [0.05, 0.1) is 6.61 Å². The first kappa shape index (κ1) is 54.3. The van der Waals surface area contributed by atoms with Crippen molar-refractivity contribution < 1.29 is 24.2 Å². The summed E-state index contributed by atoms with van der Waals surface area (Å²) in [5.41, 5.74) is 0. The summed E-state index contributed by atoms with van der Waals surface area (Å²) in [6.07, 6.45) is 64.2. The fourth-order valence-electron chi connectivity index (χ4n) is 6.63. The van der Waals surface area contributed by atoms with E-state index in [0.717, 1.165) is 77.0 Å². The number of ether oxygens (including phenoxy) is 2. The molecule has 0 saturated heterocycles. The zero-order chi connectivity index (χ0) is 41.4. The van der Waals surface area contributed by atoms with Crippen molar-refractivity contribution in [3.05, 3.63) is 72.9 Å². The third-order valence-corrected chi connectivity index (χ3v) is 10.2. The first-order chi connectivity index (χ1) is 28.1. The van der Waals surface area contributed by atoms with Gasteiger partial charge in [0.1, 0.15) is 6.61 Å². The lowest BCUT2D eigenvalue weighted by Gasteiger charge is -2.15. The van der Waals surface area contributed by atoms with E-state index in [1.165, 1.54) is 122 Å². The predicted octanol–water partition coefficient (Wildman–Crippen LogP) is 15.7. The van der Waals surface area contributed by atoms with E-state index in [-0.39, 0.29) is 25.2 Å². The predicted molar refractivity (Wildman–Crippen MR) is 246 cm³/mol. The Balaban J connectivity index is 3.49. The van der Waals surface area contributed by atoms with Crippen molar-refractivity contribution in [3.8, 4) is 0 Å². The van der Waals surface area contributed by atoms with Crippen LogP contribution in [0.2, 0.25) is 0 Å². The lowest BCUT2D eigenvalue weighted by atomic mass is 10.0. The minimum atomic E-state index is -0.776. The summed E-state index contributed by atoms with van der Waals surface area (Å²) in [6, 6.07) is 0. The molecule has 1 N–H and O–H groups in total. The molecule has 0 fully saturated rings. The molecule has 1 atom stereocenters. The Labute approximate surface area is 353 Å². The zero-order valence-electron chi connectivity index (χ0n) is 37.3. The minimum Gasteiger partial charge on any atom is -0.462 e. The Hall–Kier alpha value is -2.66. The van der Waals surface area contributed by atoms with Gasteiger partial charge in [0.2, 0.25) is 0 Å². The topological polar surface area (TPSA) is 72.8 Å². The molecular formula is C52H90O5. The molecule has 0 aromatic carbocycles. The van der Waals surface area contributed by atoms with Crippen molar-refractivity contribution in [1.82, 2.24) is 0 Å². The van der Waals surface area contributed by atoms with Gasteiger partial charge in [-0.3, -0.25) is 9.59 Å². The summed E-state index contributed by atoms with van der Waals surface area (Å²) >= 11 is 0. The molecule has 0 bridgehead atoms. The van der Waals surface area contributed by atoms with Gasteiger partial charge in [-0.1, -0.05) is 202 Å². The van der Waals surface area contributed by atoms with E-state index in [0.29, 0.717) is 12.8 Å². The van der Waals surface area contributed by atoms with E-state index in [2.05, 4.69) is 86.8 Å². The summed E-state index contributed by atoms with van der Waals surface area (Å²) in [6.45, 7) is 3.99. The van der Waals surface area contributed by atoms with Gasteiger partial charge in [-0.15, -0.1) is 0 Å². The monoisotopic (exact) mass is 795 g/mol. The van der Waals surface area contributed by atoms with Crippen LogP contribution in [0.25, 0.3) is 0 Å². The smallest absolute Gasteiger partial charge is 0.306 e. The molecule has 5 heteroatoms. The molecule has 0 aliphatic carbocycles. The lowest BCUT2D eigenvalue weighted by molar-refractivity contribution is -0.161. The molecule has 0 aromatic heterocycles. The Bertz CT molecular complexity index is 1040. The van der Waals surface area contributed by atoms with Crippen LogP contribution >= 0.6 is 0 Å². The quantitative estimate of drug-likeness (QED) is 0.0378. The summed E-state index contributed by atoms with van der Waals surface area (Å²) in [4.78, 5) is 24.3. The third-order valence-electron chi connectivity index (χ3n) is 10.2. The fourth-order valence-corrected chi connectivity index (χ4v) is 6.63. The third kappa shape index (κ3) is 45.9. The number of esters is 2. The molecule has 0 saturated carbocycles. The van der Waals surface area contributed by atoms with E-state index >= 15 is 0 Å². The molecule has 0 radical (unpaired) electrons. The van der Waals surface area contributed by atoms with Crippen LogP contribution in [0, 0.1) is 0 Å². The Morgan fingerprint density at radius 1 is 0.421 bits per heavy atom. The Morgan fingerprint density at radius 2 is 0.754 bits per heavy atom. The minimum absolute atomic E-state index is 0.0708. The summed E-state index contributed by atoms with van der Waals surface area (Å²) in [7, 11) is 0. The number of hydrogen-bond donors (Lipinski definition) is 1. The lowest BCUT2D eigenvalue weighted by Crippen LogP contribution is -2.28. The van der Waals surface area contributed by atoms with Crippen LogP contribution in [-0.2, 0) is 19.1 Å². The standard InChI is InChI=1S/C52H90O5/c1-3-5-7-9-11-13-15-17-18-19-20-21-22-23-24-25-26-27-28-29-30-31-32-33-34-35-37-39-41-43-45-47-52(55)57-50(48-53)49-56-51(54)46-44-42-40-38-36-16-14-12-10-8-6-4-2/h5,7,11-14,17-18,20-21,23-24,50,53H,3-4,6,8-10,15-16,19,22,25-49H2,1-2H3/b7-5-,13-11-,14-12-,18-17-,21-20-,24-23-. The number of aliphatic hydroxyl groups excluding tert-OH is 1. The summed E-state index contributed by atoms with van der Waals surface area (Å²) in [5.74, 6) is -0.600. The van der Waals surface area contributed by atoms with Crippen molar-refractivity contribution in [3.63, 3.8) is 0 Å². The van der Waals surface area contributed by atoms with E-state index in [1.807, 2.05) is 0 Å². The second-order valence-corrected chi connectivity index (χ2v) is 15.8. The number of carbonyl (C=O) groups is 2. The van der Waals surface area contributed by atoms with Gasteiger partial charge in [-0.05, 0) is 83.5 Å². The van der Waals surface area contributed by atoms with Gasteiger partial charge in [0.25, 0.3) is 0 Å². The highest BCUT2D eigenvalue weighted by Gasteiger charge is 2.16. The number of aliphatic hydroxyl groups is 1. The number of hydrogen-bond acceptors (Lipinski definition) is 5. The molecule has 0 heterocycles. The SMILES string of the molecule is CC/C=C\C/C=C\C/C=C\C/C=C\C/C=C\CCCCCCCCCCCCCCCCCC(=O)OC(CO)COC(=O)CCCCCCC/C=C\CCCCC. The van der Waals surface area contributed by atoms with Gasteiger partial charge in [0.15, 0.2) is 6.10 Å². The molecule has 0 spiro atoms. The molecule has 328 valence electrons. The number of carbonyl (C=O) groups excluding carboxylic acids is 2. The van der Waals surface area contributed by atoms with Gasteiger partial charge < -0.3 is 14.6 Å². The highest BCUT2D eigenvalue weighted by Crippen LogP contribution is 2.15. The van der Waals surface area contributed by atoms with Crippen LogP contribution in [0.5, 0.6) is 0 Å². The first-order valence-electron chi connectivity index (χ1n) is 24.0. The maximum atomic E-state index is 12.2.